The summed E-state index contributed by atoms with van der Waals surface area (Å²) in [6.45, 7) is 6.77. The number of carbonyl (C=O) groups is 1. The third-order valence-electron chi connectivity index (χ3n) is 5.00. The number of piperazine rings is 1. The van der Waals surface area contributed by atoms with E-state index in [0.717, 1.165) is 52.0 Å². The Morgan fingerprint density at radius 2 is 1.88 bits per heavy atom. The van der Waals surface area contributed by atoms with E-state index in [2.05, 4.69) is 41.0 Å². The van der Waals surface area contributed by atoms with Crippen LogP contribution in [-0.4, -0.2) is 47.9 Å². The van der Waals surface area contributed by atoms with Crippen molar-refractivity contribution in [1.82, 2.24) is 9.80 Å². The van der Waals surface area contributed by atoms with Crippen molar-refractivity contribution < 1.29 is 4.79 Å². The van der Waals surface area contributed by atoms with Gasteiger partial charge in [-0.1, -0.05) is 29.8 Å². The summed E-state index contributed by atoms with van der Waals surface area (Å²) in [5.41, 5.74) is 8.61. The molecule has 24 heavy (non-hydrogen) atoms. The van der Waals surface area contributed by atoms with Crippen LogP contribution in [0.25, 0.3) is 0 Å². The van der Waals surface area contributed by atoms with E-state index >= 15 is 0 Å². The van der Waals surface area contributed by atoms with Crippen LogP contribution in [0, 0.1) is 12.8 Å². The fourth-order valence-corrected chi connectivity index (χ4v) is 3.69. The van der Waals surface area contributed by atoms with Gasteiger partial charge in [0, 0.05) is 44.7 Å². The predicted octanol–water partition coefficient (Wildman–Crippen LogP) is 2.61. The van der Waals surface area contributed by atoms with E-state index in [1.54, 1.807) is 0 Å². The zero-order valence-corrected chi connectivity index (χ0v) is 16.0. The van der Waals surface area contributed by atoms with Crippen LogP contribution in [-0.2, 0) is 11.3 Å². The molecule has 1 aliphatic heterocycles. The lowest BCUT2D eigenvalue weighted by Gasteiger charge is -2.36. The number of nitrogens with two attached hydrogens (primary N) is 1. The van der Waals surface area contributed by atoms with Crippen LogP contribution >= 0.6 is 24.8 Å². The van der Waals surface area contributed by atoms with Crippen LogP contribution in [0.2, 0.25) is 0 Å². The molecule has 1 aromatic rings. The van der Waals surface area contributed by atoms with Crippen LogP contribution < -0.4 is 5.73 Å². The molecule has 1 saturated heterocycles. The highest BCUT2D eigenvalue weighted by molar-refractivity contribution is 5.85. The molecule has 2 aliphatic rings. The molecule has 0 spiro atoms. The Morgan fingerprint density at radius 1 is 1.17 bits per heavy atom. The average molecular weight is 374 g/mol. The van der Waals surface area contributed by atoms with Crippen LogP contribution in [0.5, 0.6) is 0 Å². The molecule has 1 saturated carbocycles. The van der Waals surface area contributed by atoms with Crippen molar-refractivity contribution in [3.8, 4) is 0 Å². The molecule has 1 amide bonds. The van der Waals surface area contributed by atoms with E-state index in [9.17, 15) is 4.79 Å². The van der Waals surface area contributed by atoms with Crippen molar-refractivity contribution in [2.24, 2.45) is 11.7 Å². The monoisotopic (exact) mass is 373 g/mol. The maximum absolute atomic E-state index is 12.5. The average Bonchev–Trinajstić information content (AvgIpc) is 2.94. The minimum atomic E-state index is 0. The van der Waals surface area contributed by atoms with Gasteiger partial charge >= 0.3 is 0 Å². The van der Waals surface area contributed by atoms with Gasteiger partial charge in [0.25, 0.3) is 0 Å². The standard InChI is InChI=1S/C18H27N3O.2ClH/c1-14-3-2-4-15(11-14)13-20-7-9-21(10-8-20)18(22)16-5-6-17(19)12-16;;/h2-4,11,16-17H,5-10,12-13,19H2,1H3;2*1H. The Bertz CT molecular complexity index is 533. The van der Waals surface area contributed by atoms with Gasteiger partial charge in [-0.25, -0.2) is 0 Å². The summed E-state index contributed by atoms with van der Waals surface area (Å²) in [6.07, 6.45) is 2.86. The number of nitrogens with zero attached hydrogens (tertiary/aromatic N) is 2. The molecule has 2 N–H and O–H groups in total. The van der Waals surface area contributed by atoms with Crippen molar-refractivity contribution in [3.63, 3.8) is 0 Å². The molecule has 1 aliphatic carbocycles. The number of benzene rings is 1. The molecule has 4 nitrogen and oxygen atoms in total. The topological polar surface area (TPSA) is 49.6 Å². The molecular weight excluding hydrogens is 345 g/mol. The van der Waals surface area contributed by atoms with Crippen LogP contribution in [0.4, 0.5) is 0 Å². The number of amides is 1. The van der Waals surface area contributed by atoms with Crippen LogP contribution in [0.3, 0.4) is 0 Å². The third-order valence-corrected chi connectivity index (χ3v) is 5.00. The first kappa shape index (κ1) is 21.2. The fraction of sp³-hybridized carbons (Fsp3) is 0.611. The van der Waals surface area contributed by atoms with Gasteiger partial charge in [0.2, 0.25) is 5.91 Å². The summed E-state index contributed by atoms with van der Waals surface area (Å²) in [6, 6.07) is 8.92. The number of aryl methyl sites for hydroxylation is 1. The van der Waals surface area contributed by atoms with Crippen LogP contribution in [0.15, 0.2) is 24.3 Å². The van der Waals surface area contributed by atoms with Crippen molar-refractivity contribution in [3.05, 3.63) is 35.4 Å². The van der Waals surface area contributed by atoms with Gasteiger partial charge in [0.05, 0.1) is 0 Å². The lowest BCUT2D eigenvalue weighted by Crippen LogP contribution is -2.49. The third kappa shape index (κ3) is 5.35. The second-order valence-electron chi connectivity index (χ2n) is 6.86. The first-order valence-electron chi connectivity index (χ1n) is 8.44. The van der Waals surface area contributed by atoms with Gasteiger partial charge in [0.1, 0.15) is 0 Å². The normalized spacial score (nSPS) is 24.2. The molecule has 0 radical (unpaired) electrons. The highest BCUT2D eigenvalue weighted by Crippen LogP contribution is 2.26. The highest BCUT2D eigenvalue weighted by atomic mass is 35.5. The molecule has 6 heteroatoms. The number of rotatable bonds is 3. The lowest BCUT2D eigenvalue weighted by atomic mass is 10.1. The van der Waals surface area contributed by atoms with E-state index in [-0.39, 0.29) is 36.8 Å². The zero-order valence-electron chi connectivity index (χ0n) is 14.3. The maximum atomic E-state index is 12.5. The minimum absolute atomic E-state index is 0. The number of halogens is 2. The van der Waals surface area contributed by atoms with Gasteiger partial charge in [-0.3, -0.25) is 9.69 Å². The summed E-state index contributed by atoms with van der Waals surface area (Å²) in [5, 5.41) is 0. The highest BCUT2D eigenvalue weighted by Gasteiger charge is 2.32. The number of hydrogen-bond acceptors (Lipinski definition) is 3. The number of hydrogen-bond donors (Lipinski definition) is 1. The molecule has 1 heterocycles. The molecule has 0 aromatic heterocycles. The lowest BCUT2D eigenvalue weighted by molar-refractivity contribution is -0.137. The molecule has 2 fully saturated rings. The summed E-state index contributed by atoms with van der Waals surface area (Å²) >= 11 is 0. The maximum Gasteiger partial charge on any atom is 0.225 e. The summed E-state index contributed by atoms with van der Waals surface area (Å²) < 4.78 is 0. The second-order valence-corrected chi connectivity index (χ2v) is 6.86. The van der Waals surface area contributed by atoms with E-state index < -0.39 is 0 Å². The molecule has 3 rings (SSSR count). The van der Waals surface area contributed by atoms with Crippen molar-refractivity contribution in [2.75, 3.05) is 26.2 Å². The van der Waals surface area contributed by atoms with E-state index in [1.807, 2.05) is 0 Å². The van der Waals surface area contributed by atoms with E-state index in [4.69, 9.17) is 5.73 Å². The van der Waals surface area contributed by atoms with Gasteiger partial charge in [-0.15, -0.1) is 24.8 Å². The van der Waals surface area contributed by atoms with Gasteiger partial charge in [-0.05, 0) is 31.7 Å². The minimum Gasteiger partial charge on any atom is -0.340 e. The van der Waals surface area contributed by atoms with E-state index in [0.29, 0.717) is 5.91 Å². The Kier molecular flexibility index (Phi) is 8.51. The van der Waals surface area contributed by atoms with Gasteiger partial charge < -0.3 is 10.6 Å². The predicted molar refractivity (Wildman–Crippen MR) is 103 cm³/mol. The Morgan fingerprint density at radius 3 is 2.46 bits per heavy atom. The first-order chi connectivity index (χ1) is 10.6. The Hall–Kier alpha value is -0.810. The molecule has 136 valence electrons. The fourth-order valence-electron chi connectivity index (χ4n) is 3.69. The summed E-state index contributed by atoms with van der Waals surface area (Å²) in [4.78, 5) is 17.0. The molecule has 1 aromatic carbocycles. The Labute approximate surface area is 157 Å². The smallest absolute Gasteiger partial charge is 0.225 e. The van der Waals surface area contributed by atoms with Gasteiger partial charge in [-0.2, -0.15) is 0 Å². The first-order valence-corrected chi connectivity index (χ1v) is 8.44. The van der Waals surface area contributed by atoms with Crippen molar-refractivity contribution in [2.45, 2.75) is 38.8 Å². The molecule has 2 unspecified atom stereocenters. The van der Waals surface area contributed by atoms with Crippen molar-refractivity contribution >= 4 is 30.7 Å². The summed E-state index contributed by atoms with van der Waals surface area (Å²) in [7, 11) is 0. The SMILES string of the molecule is Cc1cccc(CN2CCN(C(=O)C3CCC(N)C3)CC2)c1.Cl.Cl. The quantitative estimate of drug-likeness (QED) is 0.885. The number of carbonyl (C=O) groups excluding carboxylic acids is 1. The largest absolute Gasteiger partial charge is 0.340 e. The molecular formula is C18H29Cl2N3O. The van der Waals surface area contributed by atoms with Gasteiger partial charge in [0.15, 0.2) is 0 Å². The van der Waals surface area contributed by atoms with Crippen molar-refractivity contribution in [1.29, 1.82) is 0 Å². The summed E-state index contributed by atoms with van der Waals surface area (Å²) in [5.74, 6) is 0.515. The van der Waals surface area contributed by atoms with E-state index in [1.165, 1.54) is 11.1 Å². The zero-order chi connectivity index (χ0) is 15.5. The molecule has 2 atom stereocenters. The molecule has 0 bridgehead atoms. The Balaban J connectivity index is 0.00000144. The van der Waals surface area contributed by atoms with Crippen LogP contribution in [0.1, 0.15) is 30.4 Å². The second kappa shape index (κ2) is 9.62.